The molecule has 1 aromatic carbocycles. The molecule has 3 rings (SSSR count). The molecule has 0 aliphatic carbocycles. The van der Waals surface area contributed by atoms with E-state index in [4.69, 9.17) is 4.74 Å². The van der Waals surface area contributed by atoms with Crippen LogP contribution in [0.15, 0.2) is 24.3 Å². The van der Waals surface area contributed by atoms with Crippen molar-refractivity contribution in [2.75, 3.05) is 25.1 Å². The Morgan fingerprint density at radius 3 is 3.06 bits per heavy atom. The Labute approximate surface area is 103 Å². The second-order valence-electron chi connectivity index (χ2n) is 4.94. The fourth-order valence-electron chi connectivity index (χ4n) is 2.77. The van der Waals surface area contributed by atoms with Gasteiger partial charge in [0.05, 0.1) is 6.61 Å². The van der Waals surface area contributed by atoms with Gasteiger partial charge in [-0.15, -0.1) is 0 Å². The van der Waals surface area contributed by atoms with Gasteiger partial charge in [0.2, 0.25) is 0 Å². The Bertz CT molecular complexity index is 374. The molecule has 2 aliphatic rings. The summed E-state index contributed by atoms with van der Waals surface area (Å²) in [6.45, 7) is 2.85. The highest BCUT2D eigenvalue weighted by Crippen LogP contribution is 2.30. The monoisotopic (exact) mass is 232 g/mol. The van der Waals surface area contributed by atoms with Crippen molar-refractivity contribution >= 4 is 5.69 Å². The van der Waals surface area contributed by atoms with Gasteiger partial charge in [0.25, 0.3) is 0 Å². The molecule has 17 heavy (non-hydrogen) atoms. The van der Waals surface area contributed by atoms with Crippen molar-refractivity contribution in [3.05, 3.63) is 29.8 Å². The van der Waals surface area contributed by atoms with E-state index in [9.17, 15) is 0 Å². The molecule has 1 fully saturated rings. The third-order valence-electron chi connectivity index (χ3n) is 3.69. The van der Waals surface area contributed by atoms with E-state index < -0.39 is 0 Å². The van der Waals surface area contributed by atoms with Crippen molar-refractivity contribution in [3.8, 4) is 0 Å². The van der Waals surface area contributed by atoms with E-state index in [1.54, 1.807) is 0 Å². The molecule has 1 saturated heterocycles. The second kappa shape index (κ2) is 5.07. The zero-order valence-electron chi connectivity index (χ0n) is 10.1. The van der Waals surface area contributed by atoms with Crippen LogP contribution >= 0.6 is 0 Å². The Morgan fingerprint density at radius 1 is 1.24 bits per heavy atom. The van der Waals surface area contributed by atoms with Crippen LogP contribution in [0.4, 0.5) is 5.69 Å². The maximum Gasteiger partial charge on any atom is 0.0620 e. The van der Waals surface area contributed by atoms with Gasteiger partial charge in [0, 0.05) is 30.9 Å². The van der Waals surface area contributed by atoms with Crippen molar-refractivity contribution in [2.24, 2.45) is 0 Å². The quantitative estimate of drug-likeness (QED) is 0.821. The first-order chi connectivity index (χ1) is 8.43. The standard InChI is InChI=1S/C14H20N2O/c1-2-5-13-12(4-1)14(6-3-8-15-13)16-11-7-9-17-10-11/h1-2,4-5,11,14-16H,3,6-10H2. The molecule has 0 amide bonds. The van der Waals surface area contributed by atoms with Crippen LogP contribution in [0.3, 0.4) is 0 Å². The van der Waals surface area contributed by atoms with Crippen molar-refractivity contribution < 1.29 is 4.74 Å². The van der Waals surface area contributed by atoms with Crippen molar-refractivity contribution in [3.63, 3.8) is 0 Å². The number of anilines is 1. The van der Waals surface area contributed by atoms with Gasteiger partial charge in [-0.2, -0.15) is 0 Å². The van der Waals surface area contributed by atoms with E-state index in [1.807, 2.05) is 0 Å². The van der Waals surface area contributed by atoms with Gasteiger partial charge in [0.1, 0.15) is 0 Å². The molecule has 2 atom stereocenters. The van der Waals surface area contributed by atoms with Crippen molar-refractivity contribution in [1.29, 1.82) is 0 Å². The van der Waals surface area contributed by atoms with E-state index in [0.717, 1.165) is 26.2 Å². The van der Waals surface area contributed by atoms with Crippen LogP contribution in [-0.4, -0.2) is 25.8 Å². The van der Waals surface area contributed by atoms with Crippen LogP contribution in [0.2, 0.25) is 0 Å². The van der Waals surface area contributed by atoms with Gasteiger partial charge >= 0.3 is 0 Å². The van der Waals surface area contributed by atoms with Gasteiger partial charge in [-0.05, 0) is 30.9 Å². The Morgan fingerprint density at radius 2 is 2.18 bits per heavy atom. The minimum absolute atomic E-state index is 0.480. The molecular formula is C14H20N2O. The van der Waals surface area contributed by atoms with Crippen LogP contribution < -0.4 is 10.6 Å². The number of rotatable bonds is 2. The summed E-state index contributed by atoms with van der Waals surface area (Å²) in [5.74, 6) is 0. The highest BCUT2D eigenvalue weighted by molar-refractivity contribution is 5.53. The number of benzene rings is 1. The van der Waals surface area contributed by atoms with Crippen LogP contribution in [0.5, 0.6) is 0 Å². The zero-order chi connectivity index (χ0) is 11.5. The third-order valence-corrected chi connectivity index (χ3v) is 3.69. The summed E-state index contributed by atoms with van der Waals surface area (Å²) in [5, 5.41) is 7.26. The predicted molar refractivity (Wildman–Crippen MR) is 69.3 cm³/mol. The average molecular weight is 232 g/mol. The van der Waals surface area contributed by atoms with Gasteiger partial charge in [-0.1, -0.05) is 18.2 Å². The SMILES string of the molecule is c1ccc2c(c1)NCCCC2NC1CCOC1. The molecule has 1 aromatic rings. The lowest BCUT2D eigenvalue weighted by atomic mass is 10.0. The molecule has 0 spiro atoms. The van der Waals surface area contributed by atoms with E-state index in [2.05, 4.69) is 34.9 Å². The van der Waals surface area contributed by atoms with Crippen molar-refractivity contribution in [1.82, 2.24) is 5.32 Å². The lowest BCUT2D eigenvalue weighted by Gasteiger charge is -2.22. The summed E-state index contributed by atoms with van der Waals surface area (Å²) < 4.78 is 5.44. The molecule has 2 N–H and O–H groups in total. The minimum atomic E-state index is 0.480. The molecule has 0 bridgehead atoms. The normalized spacial score (nSPS) is 28.2. The van der Waals surface area contributed by atoms with Crippen LogP contribution in [0.1, 0.15) is 30.9 Å². The van der Waals surface area contributed by atoms with Crippen molar-refractivity contribution in [2.45, 2.75) is 31.3 Å². The lowest BCUT2D eigenvalue weighted by Crippen LogP contribution is -2.33. The molecule has 0 saturated carbocycles. The van der Waals surface area contributed by atoms with Gasteiger partial charge < -0.3 is 15.4 Å². The molecular weight excluding hydrogens is 212 g/mol. The Hall–Kier alpha value is -1.06. The molecule has 0 aromatic heterocycles. The fourth-order valence-corrected chi connectivity index (χ4v) is 2.77. The minimum Gasteiger partial charge on any atom is -0.385 e. The van der Waals surface area contributed by atoms with E-state index >= 15 is 0 Å². The van der Waals surface area contributed by atoms with Gasteiger partial charge in [0.15, 0.2) is 0 Å². The number of fused-ring (bicyclic) bond motifs is 1. The predicted octanol–water partition coefficient (Wildman–Crippen LogP) is 2.31. The zero-order valence-corrected chi connectivity index (χ0v) is 10.1. The molecule has 3 heteroatoms. The molecule has 92 valence electrons. The van der Waals surface area contributed by atoms with E-state index in [-0.39, 0.29) is 0 Å². The lowest BCUT2D eigenvalue weighted by molar-refractivity contribution is 0.187. The van der Waals surface area contributed by atoms with Crippen LogP contribution in [0.25, 0.3) is 0 Å². The fraction of sp³-hybridized carbons (Fsp3) is 0.571. The highest BCUT2D eigenvalue weighted by Gasteiger charge is 2.23. The third kappa shape index (κ3) is 2.45. The van der Waals surface area contributed by atoms with Crippen LogP contribution in [-0.2, 0) is 4.74 Å². The largest absolute Gasteiger partial charge is 0.385 e. The number of hydrogen-bond donors (Lipinski definition) is 2. The van der Waals surface area contributed by atoms with Gasteiger partial charge in [-0.25, -0.2) is 0 Å². The smallest absolute Gasteiger partial charge is 0.0620 e. The first-order valence-corrected chi connectivity index (χ1v) is 6.60. The topological polar surface area (TPSA) is 33.3 Å². The van der Waals surface area contributed by atoms with Crippen LogP contribution in [0, 0.1) is 0 Å². The first-order valence-electron chi connectivity index (χ1n) is 6.60. The van der Waals surface area contributed by atoms with E-state index in [0.29, 0.717) is 12.1 Å². The maximum atomic E-state index is 5.44. The molecule has 3 nitrogen and oxygen atoms in total. The average Bonchev–Trinajstić information content (AvgIpc) is 2.78. The molecule has 2 heterocycles. The Balaban J connectivity index is 1.78. The van der Waals surface area contributed by atoms with Gasteiger partial charge in [-0.3, -0.25) is 0 Å². The summed E-state index contributed by atoms with van der Waals surface area (Å²) in [5.41, 5.74) is 2.71. The first kappa shape index (κ1) is 11.1. The summed E-state index contributed by atoms with van der Waals surface area (Å²) in [7, 11) is 0. The van der Waals surface area contributed by atoms with E-state index in [1.165, 1.54) is 24.1 Å². The number of nitrogens with one attached hydrogen (secondary N) is 2. The second-order valence-corrected chi connectivity index (χ2v) is 4.94. The number of para-hydroxylation sites is 1. The Kier molecular flexibility index (Phi) is 3.29. The number of hydrogen-bond acceptors (Lipinski definition) is 3. The molecule has 2 aliphatic heterocycles. The number of ether oxygens (including phenoxy) is 1. The highest BCUT2D eigenvalue weighted by atomic mass is 16.5. The molecule has 2 unspecified atom stereocenters. The molecule has 0 radical (unpaired) electrons. The summed E-state index contributed by atoms with van der Waals surface area (Å²) in [4.78, 5) is 0. The summed E-state index contributed by atoms with van der Waals surface area (Å²) in [6.07, 6.45) is 3.58. The summed E-state index contributed by atoms with van der Waals surface area (Å²) in [6, 6.07) is 9.67. The maximum absolute atomic E-state index is 5.44. The summed E-state index contributed by atoms with van der Waals surface area (Å²) >= 11 is 0.